The average molecular weight is 736 g/mol. The largest absolute Gasteiger partial charge is 0.411 e. The molecule has 0 saturated heterocycles. The van der Waals surface area contributed by atoms with Crippen molar-refractivity contribution in [3.8, 4) is 0 Å². The molecular formula is C44H70ClF3N2O. The Hall–Kier alpha value is -2.83. The number of ether oxygens (including phenoxy) is 1. The van der Waals surface area contributed by atoms with Crippen LogP contribution in [0.5, 0.6) is 0 Å². The number of halogens is 4. The number of allylic oxidation sites excluding steroid dienone is 8. The number of benzene rings is 1. The molecule has 51 heavy (non-hydrogen) atoms. The zero-order valence-electron chi connectivity index (χ0n) is 33.9. The zero-order valence-corrected chi connectivity index (χ0v) is 34.6. The molecule has 0 amide bonds. The van der Waals surface area contributed by atoms with E-state index in [1.54, 1.807) is 0 Å². The van der Waals surface area contributed by atoms with Gasteiger partial charge in [0.25, 0.3) is 0 Å². The highest BCUT2D eigenvalue weighted by Crippen LogP contribution is 2.35. The second-order valence-electron chi connectivity index (χ2n) is 12.7. The summed E-state index contributed by atoms with van der Waals surface area (Å²) < 4.78 is 38.4. The first-order valence-corrected chi connectivity index (χ1v) is 19.3. The third kappa shape index (κ3) is 23.4. The Kier molecular flexibility index (Phi) is 29.3. The normalized spacial score (nSPS) is 12.8. The number of H-pyrrole nitrogens is 1. The number of aliphatic imine (C=N–C) groups is 1. The molecule has 0 bridgehead atoms. The van der Waals surface area contributed by atoms with Gasteiger partial charge in [0.2, 0.25) is 0 Å². The summed E-state index contributed by atoms with van der Waals surface area (Å²) in [4.78, 5) is 8.07. The number of rotatable bonds is 17. The molecule has 0 aliphatic heterocycles. The van der Waals surface area contributed by atoms with Gasteiger partial charge in [-0.05, 0) is 101 Å². The lowest BCUT2D eigenvalue weighted by Gasteiger charge is -2.15. The summed E-state index contributed by atoms with van der Waals surface area (Å²) in [6.07, 6.45) is 15.9. The molecule has 0 aliphatic rings. The topological polar surface area (TPSA) is 37.4 Å². The van der Waals surface area contributed by atoms with Crippen LogP contribution in [0.2, 0.25) is 5.02 Å². The van der Waals surface area contributed by atoms with E-state index >= 15 is 0 Å². The summed E-state index contributed by atoms with van der Waals surface area (Å²) in [5.74, 6) is 0.315. The van der Waals surface area contributed by atoms with E-state index in [9.17, 15) is 13.2 Å². The van der Waals surface area contributed by atoms with Gasteiger partial charge in [0.1, 0.15) is 0 Å². The van der Waals surface area contributed by atoms with E-state index in [-0.39, 0.29) is 0 Å². The fourth-order valence-corrected chi connectivity index (χ4v) is 4.72. The maximum atomic E-state index is 11.1. The predicted molar refractivity (Wildman–Crippen MR) is 222 cm³/mol. The molecule has 0 fully saturated rings. The van der Waals surface area contributed by atoms with Crippen LogP contribution in [-0.4, -0.2) is 30.1 Å². The summed E-state index contributed by atoms with van der Waals surface area (Å²) in [5, 5.41) is 2.08. The van der Waals surface area contributed by atoms with Gasteiger partial charge in [-0.25, -0.2) is 0 Å². The van der Waals surface area contributed by atoms with E-state index in [0.717, 1.165) is 82.2 Å². The Morgan fingerprint density at radius 1 is 0.902 bits per heavy atom. The van der Waals surface area contributed by atoms with E-state index in [2.05, 4.69) is 122 Å². The van der Waals surface area contributed by atoms with Crippen LogP contribution in [0.25, 0.3) is 10.9 Å². The van der Waals surface area contributed by atoms with Crippen molar-refractivity contribution in [2.45, 2.75) is 152 Å². The first-order chi connectivity index (χ1) is 24.1. The van der Waals surface area contributed by atoms with Crippen LogP contribution in [0.15, 0.2) is 83.1 Å². The minimum Gasteiger partial charge on any atom is -0.381 e. The van der Waals surface area contributed by atoms with Crippen molar-refractivity contribution in [2.75, 3.05) is 13.2 Å². The van der Waals surface area contributed by atoms with Crippen LogP contribution in [0, 0.1) is 0 Å². The monoisotopic (exact) mass is 735 g/mol. The van der Waals surface area contributed by atoms with Gasteiger partial charge < -0.3 is 9.72 Å². The molecule has 290 valence electrons. The van der Waals surface area contributed by atoms with Crippen LogP contribution in [0.3, 0.4) is 0 Å². The van der Waals surface area contributed by atoms with Crippen molar-refractivity contribution in [3.05, 3.63) is 94.4 Å². The van der Waals surface area contributed by atoms with Gasteiger partial charge in [0.15, 0.2) is 0 Å². The van der Waals surface area contributed by atoms with Crippen molar-refractivity contribution in [1.82, 2.24) is 4.98 Å². The third-order valence-electron chi connectivity index (χ3n) is 7.81. The van der Waals surface area contributed by atoms with Crippen molar-refractivity contribution in [2.24, 2.45) is 4.99 Å². The maximum absolute atomic E-state index is 11.1. The number of hydrogen-bond donors (Lipinski definition) is 1. The number of fused-ring (bicyclic) bond motifs is 1. The van der Waals surface area contributed by atoms with Crippen LogP contribution < -0.4 is 0 Å². The lowest BCUT2D eigenvalue weighted by atomic mass is 9.90. The zero-order chi connectivity index (χ0) is 39.4. The predicted octanol–water partition coefficient (Wildman–Crippen LogP) is 15.6. The summed E-state index contributed by atoms with van der Waals surface area (Å²) in [6.45, 7) is 31.1. The number of aromatic nitrogens is 1. The van der Waals surface area contributed by atoms with Gasteiger partial charge in [-0.1, -0.05) is 123 Å². The van der Waals surface area contributed by atoms with Crippen LogP contribution in [-0.2, 0) is 11.2 Å². The van der Waals surface area contributed by atoms with Gasteiger partial charge in [0, 0.05) is 57.7 Å². The van der Waals surface area contributed by atoms with E-state index in [0.29, 0.717) is 5.92 Å². The van der Waals surface area contributed by atoms with Crippen molar-refractivity contribution < 1.29 is 17.9 Å². The number of aryl methyl sites for hydroxylation is 1. The van der Waals surface area contributed by atoms with Crippen molar-refractivity contribution >= 4 is 28.2 Å². The average Bonchev–Trinajstić information content (AvgIpc) is 3.44. The van der Waals surface area contributed by atoms with Gasteiger partial charge in [-0.15, -0.1) is 0 Å². The first-order valence-electron chi connectivity index (χ1n) is 18.9. The highest BCUT2D eigenvalue weighted by Gasteiger charge is 2.27. The van der Waals surface area contributed by atoms with Gasteiger partial charge in [0.05, 0.1) is 0 Å². The maximum Gasteiger partial charge on any atom is 0.411 e. The van der Waals surface area contributed by atoms with Gasteiger partial charge in [-0.3, -0.25) is 4.99 Å². The number of nitrogens with one attached hydrogen (secondary N) is 1. The summed E-state index contributed by atoms with van der Waals surface area (Å²) in [6, 6.07) is 6.18. The minimum absolute atomic E-state index is 0.315. The van der Waals surface area contributed by atoms with E-state index < -0.39 is 11.7 Å². The molecule has 1 atom stereocenters. The summed E-state index contributed by atoms with van der Waals surface area (Å²) in [7, 11) is 0. The lowest BCUT2D eigenvalue weighted by Crippen LogP contribution is -2.06. The minimum atomic E-state index is -4.19. The number of hydrogen-bond acceptors (Lipinski definition) is 2. The summed E-state index contributed by atoms with van der Waals surface area (Å²) >= 11 is 6.30. The fourth-order valence-electron chi connectivity index (χ4n) is 4.54. The Labute approximate surface area is 315 Å². The second-order valence-corrected chi connectivity index (χ2v) is 13.2. The molecule has 0 aliphatic carbocycles. The van der Waals surface area contributed by atoms with Gasteiger partial charge in [-0.2, -0.15) is 13.2 Å². The van der Waals surface area contributed by atoms with Crippen molar-refractivity contribution in [1.29, 1.82) is 0 Å². The molecule has 3 nitrogen and oxygen atoms in total. The van der Waals surface area contributed by atoms with Gasteiger partial charge >= 0.3 is 6.18 Å². The molecule has 0 spiro atoms. The Bertz CT molecular complexity index is 1370. The molecule has 1 aromatic heterocycles. The SMILES string of the molecule is C=C(/C=C\C(=C/CCC)C(C)c1[nH]c2ccc(Cl)cc2c1CCCC)CC.C=C(C)C(F)(F)F.CC/C=C(\C)N=C(C)CC.CCCOCCC. The number of aromatic amines is 1. The lowest BCUT2D eigenvalue weighted by molar-refractivity contribution is -0.0909. The van der Waals surface area contributed by atoms with Crippen LogP contribution in [0.4, 0.5) is 13.2 Å². The van der Waals surface area contributed by atoms with Crippen LogP contribution in [0.1, 0.15) is 151 Å². The van der Waals surface area contributed by atoms with Crippen LogP contribution >= 0.6 is 11.6 Å². The molecule has 1 unspecified atom stereocenters. The number of alkyl halides is 3. The quantitative estimate of drug-likeness (QED) is 0.0747. The van der Waals surface area contributed by atoms with Crippen molar-refractivity contribution in [3.63, 3.8) is 0 Å². The van der Waals surface area contributed by atoms with E-state index in [1.807, 2.05) is 13.0 Å². The molecule has 0 radical (unpaired) electrons. The molecule has 2 rings (SSSR count). The number of nitrogens with zero attached hydrogens (tertiary/aromatic N) is 1. The fraction of sp³-hybridized carbons (Fsp3) is 0.568. The molecule has 1 aromatic carbocycles. The molecule has 2 aromatic rings. The molecule has 7 heteroatoms. The number of unbranched alkanes of at least 4 members (excludes halogenated alkanes) is 2. The van der Waals surface area contributed by atoms with E-state index in [4.69, 9.17) is 16.3 Å². The second kappa shape index (κ2) is 29.7. The highest BCUT2D eigenvalue weighted by molar-refractivity contribution is 6.31. The molecule has 1 N–H and O–H groups in total. The first kappa shape index (κ1) is 50.3. The Morgan fingerprint density at radius 3 is 1.98 bits per heavy atom. The Balaban J connectivity index is 0. The molecular weight excluding hydrogens is 665 g/mol. The standard InChI is InChI=1S/C25H34ClN.C9H17N.C6H14O.C4H5F3/c1-6-9-11-20(14-13-18(4)8-3)19(5)25-22(12-10-7-2)23-17-21(26)15-16-24(23)27-25;1-5-7-9(4)10-8(3)6-2;1-3-5-7-6-4-2;1-3(2)4(5,6)7/h11,13-17,19,27H,4,6-10,12H2,1-3,5H3;7H,5-6H2,1-4H3;3-6H2,1-2H3;1H2,2H3/b14-13-,20-11+;9-7+,10-8?;;. The smallest absolute Gasteiger partial charge is 0.381 e. The Morgan fingerprint density at radius 2 is 1.51 bits per heavy atom. The molecule has 0 saturated carbocycles. The van der Waals surface area contributed by atoms with E-state index in [1.165, 1.54) is 51.9 Å². The highest BCUT2D eigenvalue weighted by atomic mass is 35.5. The summed E-state index contributed by atoms with van der Waals surface area (Å²) in [5.41, 5.74) is 8.06. The third-order valence-corrected chi connectivity index (χ3v) is 8.04. The molecule has 1 heterocycles.